The summed E-state index contributed by atoms with van der Waals surface area (Å²) >= 11 is 3.61. The first-order valence-electron chi connectivity index (χ1n) is 22.4. The lowest BCUT2D eigenvalue weighted by Gasteiger charge is -2.26. The number of hydrogen-bond acceptors (Lipinski definition) is 5. The van der Waals surface area contributed by atoms with E-state index in [0.29, 0.717) is 22.5 Å². The highest BCUT2D eigenvalue weighted by Crippen LogP contribution is 2.55. The van der Waals surface area contributed by atoms with E-state index in [-0.39, 0.29) is 0 Å². The highest BCUT2D eigenvalue weighted by Gasteiger charge is 2.33. The maximum absolute atomic E-state index is 12.1. The van der Waals surface area contributed by atoms with Gasteiger partial charge in [-0.15, -0.1) is 22.7 Å². The fourth-order valence-corrected chi connectivity index (χ4v) is 13.8. The van der Waals surface area contributed by atoms with E-state index in [4.69, 9.17) is 4.98 Å². The van der Waals surface area contributed by atoms with E-state index in [1.54, 1.807) is 17.7 Å². The van der Waals surface area contributed by atoms with Crippen molar-refractivity contribution in [3.05, 3.63) is 199 Å². The lowest BCUT2D eigenvalue weighted by molar-refractivity contribution is 1.14. The largest absolute Gasteiger partial charge is 0.318 e. The molecule has 0 atom stereocenters. The summed E-state index contributed by atoms with van der Waals surface area (Å²) in [6, 6.07) is 62.5. The Balaban J connectivity index is 1.25. The third-order valence-electron chi connectivity index (χ3n) is 14.1. The van der Waals surface area contributed by atoms with Gasteiger partial charge >= 0.3 is 0 Å². The second kappa shape index (κ2) is 13.8. The number of hydrogen-bond donors (Lipinski definition) is 0. The van der Waals surface area contributed by atoms with Crippen LogP contribution in [0.15, 0.2) is 182 Å². The molecular weight excluding hydrogens is 869 g/mol. The minimum absolute atomic E-state index is 0.403. The quantitative estimate of drug-likeness (QED) is 0.131. The van der Waals surface area contributed by atoms with E-state index in [0.717, 1.165) is 97.8 Å². The molecule has 0 aliphatic rings. The lowest BCUT2D eigenvalue weighted by atomic mass is 9.88. The number of benzene rings is 10. The first-order chi connectivity index (χ1) is 33.7. The van der Waals surface area contributed by atoms with Gasteiger partial charge in [0.1, 0.15) is 12.4 Å². The Labute approximate surface area is 395 Å². The van der Waals surface area contributed by atoms with Crippen molar-refractivity contribution in [3.8, 4) is 39.7 Å². The molecule has 0 fully saturated rings. The molecule has 15 rings (SSSR count). The molecule has 0 radical (unpaired) electrons. The minimum atomic E-state index is 0.403. The highest BCUT2D eigenvalue weighted by atomic mass is 32.1. The lowest BCUT2D eigenvalue weighted by Crippen LogP contribution is -2.08. The first-order valence-corrected chi connectivity index (χ1v) is 24.0. The third kappa shape index (κ3) is 4.77. The summed E-state index contributed by atoms with van der Waals surface area (Å²) in [4.78, 5) is 13.9. The van der Waals surface area contributed by atoms with Crippen molar-refractivity contribution in [2.75, 3.05) is 0 Å². The van der Waals surface area contributed by atoms with Gasteiger partial charge in [-0.2, -0.15) is 5.26 Å². The van der Waals surface area contributed by atoms with Gasteiger partial charge in [0.05, 0.1) is 55.8 Å². The van der Waals surface area contributed by atoms with Crippen LogP contribution < -0.4 is 0 Å². The van der Waals surface area contributed by atoms with E-state index in [9.17, 15) is 11.8 Å². The molecule has 0 amide bonds. The van der Waals surface area contributed by atoms with Crippen molar-refractivity contribution in [1.29, 1.82) is 5.26 Å². The number of nitriles is 1. The molecule has 0 saturated heterocycles. The Morgan fingerprint density at radius 1 is 0.485 bits per heavy atom. The van der Waals surface area contributed by atoms with Gasteiger partial charge in [0, 0.05) is 85.3 Å². The van der Waals surface area contributed by atoms with Gasteiger partial charge in [-0.05, 0) is 52.9 Å². The van der Waals surface area contributed by atoms with Crippen molar-refractivity contribution < 1.29 is 0 Å². The summed E-state index contributed by atoms with van der Waals surface area (Å²) in [7, 11) is 0. The Morgan fingerprint density at radius 3 is 1.85 bits per heavy atom. The predicted octanol–water partition coefficient (Wildman–Crippen LogP) is 16.9. The normalized spacial score (nSPS) is 12.1. The van der Waals surface area contributed by atoms with Gasteiger partial charge in [0.15, 0.2) is 0 Å². The van der Waals surface area contributed by atoms with Crippen molar-refractivity contribution in [2.24, 2.45) is 0 Å². The van der Waals surface area contributed by atoms with Crippen LogP contribution in [0.1, 0.15) is 5.56 Å². The topological polar surface area (TPSA) is 63.8 Å². The minimum Gasteiger partial charge on any atom is -0.318 e. The summed E-state index contributed by atoms with van der Waals surface area (Å²) in [5.74, 6) is 0. The smallest absolute Gasteiger partial charge is 0.220 e. The van der Waals surface area contributed by atoms with Crippen molar-refractivity contribution in [1.82, 2.24) is 19.1 Å². The van der Waals surface area contributed by atoms with Crippen LogP contribution in [0, 0.1) is 17.9 Å². The fourth-order valence-electron chi connectivity index (χ4n) is 11.5. The SMILES string of the molecule is [C-]#[N+]c1c(-c2ccccc2)c(C#N)c(-n2c3ccc4sc5ccccc5c4c3c3ccc4c5ccccc5sc4c32)c(-c2ccccc2)c1-n1c2cccc3c4cncnc4c4cccc1c4c32. The molecule has 6 nitrogen and oxygen atoms in total. The zero-order valence-corrected chi connectivity index (χ0v) is 37.5. The van der Waals surface area contributed by atoms with Crippen LogP contribution >= 0.6 is 22.7 Å². The second-order valence-electron chi connectivity index (χ2n) is 17.3. The zero-order chi connectivity index (χ0) is 44.8. The standard InChI is InChI=1S/C60H30N6S2/c1-62-56-49(33-14-4-2-5-15-33)41(30-61)57(50(34-16-6-3-7-17-34)59(56)65-43-22-12-20-36-42-31-63-32-64-55(42)39-21-13-23-44(65)52(39)51(36)43)66-45-28-29-48-54(38-19-9-11-25-47(38)67-48)53(45)40-27-26-37-35-18-8-10-24-46(35)68-60(37)58(40)66/h2-29,31-32H. The van der Waals surface area contributed by atoms with Gasteiger partial charge in [0.2, 0.25) is 5.69 Å². The van der Waals surface area contributed by atoms with Crippen molar-refractivity contribution in [2.45, 2.75) is 0 Å². The van der Waals surface area contributed by atoms with Gasteiger partial charge in [-0.1, -0.05) is 133 Å². The summed E-state index contributed by atoms with van der Waals surface area (Å²) in [5.41, 5.74) is 10.2. The molecule has 0 unspecified atom stereocenters. The molecule has 5 heterocycles. The molecule has 5 aromatic heterocycles. The number of nitrogens with zero attached hydrogens (tertiary/aromatic N) is 6. The molecule has 68 heavy (non-hydrogen) atoms. The van der Waals surface area contributed by atoms with Crippen molar-refractivity contribution in [3.63, 3.8) is 0 Å². The summed E-state index contributed by atoms with van der Waals surface area (Å²) < 4.78 is 9.48. The number of thiophene rings is 2. The number of aromatic nitrogens is 4. The van der Waals surface area contributed by atoms with E-state index in [2.05, 4.69) is 158 Å². The Kier molecular flexibility index (Phi) is 7.58. The Hall–Kier alpha value is -8.92. The van der Waals surface area contributed by atoms with Gasteiger partial charge in [0.25, 0.3) is 0 Å². The van der Waals surface area contributed by atoms with Crippen LogP contribution in [-0.4, -0.2) is 19.1 Å². The van der Waals surface area contributed by atoms with Crippen molar-refractivity contribution >= 4 is 134 Å². The number of fused-ring (bicyclic) bond motifs is 14. The maximum atomic E-state index is 12.1. The molecule has 0 N–H and O–H groups in total. The summed E-state index contributed by atoms with van der Waals surface area (Å²) in [6.45, 7) is 9.33. The van der Waals surface area contributed by atoms with Gasteiger partial charge < -0.3 is 9.13 Å². The molecule has 0 bridgehead atoms. The zero-order valence-electron chi connectivity index (χ0n) is 35.8. The molecule has 0 aliphatic carbocycles. The molecule has 0 spiro atoms. The molecule has 10 aromatic carbocycles. The maximum Gasteiger partial charge on any atom is 0.220 e. The van der Waals surface area contributed by atoms with Gasteiger partial charge in [-0.25, -0.2) is 14.8 Å². The fraction of sp³-hybridized carbons (Fsp3) is 0. The first kappa shape index (κ1) is 37.3. The molecule has 312 valence electrons. The van der Waals surface area contributed by atoms with E-state index >= 15 is 0 Å². The summed E-state index contributed by atoms with van der Waals surface area (Å²) in [5, 5.41) is 24.3. The van der Waals surface area contributed by atoms with Crippen LogP contribution in [0.2, 0.25) is 0 Å². The molecular formula is C60H30N6S2. The summed E-state index contributed by atoms with van der Waals surface area (Å²) in [6.07, 6.45) is 3.53. The molecule has 0 saturated carbocycles. The molecule has 0 aliphatic heterocycles. The molecule has 8 heteroatoms. The Bertz CT molecular complexity index is 4670. The predicted molar refractivity (Wildman–Crippen MR) is 285 cm³/mol. The molecule has 15 aromatic rings. The third-order valence-corrected chi connectivity index (χ3v) is 16.4. The van der Waals surface area contributed by atoms with Gasteiger partial charge in [-0.3, -0.25) is 0 Å². The van der Waals surface area contributed by atoms with E-state index < -0.39 is 0 Å². The number of rotatable bonds is 4. The van der Waals surface area contributed by atoms with Crippen LogP contribution in [-0.2, 0) is 0 Å². The monoisotopic (exact) mass is 898 g/mol. The van der Waals surface area contributed by atoms with Crippen LogP contribution in [0.4, 0.5) is 5.69 Å². The van der Waals surface area contributed by atoms with Crippen LogP contribution in [0.5, 0.6) is 0 Å². The second-order valence-corrected chi connectivity index (χ2v) is 19.5. The van der Waals surface area contributed by atoms with Crippen LogP contribution in [0.25, 0.3) is 144 Å². The average Bonchev–Trinajstić information content (AvgIpc) is 4.16. The highest BCUT2D eigenvalue weighted by molar-refractivity contribution is 7.27. The van der Waals surface area contributed by atoms with E-state index in [1.165, 1.54) is 30.3 Å². The Morgan fingerprint density at radius 2 is 1.10 bits per heavy atom. The van der Waals surface area contributed by atoms with Crippen LogP contribution in [0.3, 0.4) is 0 Å². The van der Waals surface area contributed by atoms with E-state index in [1.807, 2.05) is 53.9 Å². The average molecular weight is 899 g/mol.